The predicted molar refractivity (Wildman–Crippen MR) is 66.5 cm³/mol. The first kappa shape index (κ1) is 9.16. The summed E-state index contributed by atoms with van der Waals surface area (Å²) in [5.41, 5.74) is 6.49. The van der Waals surface area contributed by atoms with Gasteiger partial charge in [0.25, 0.3) is 0 Å². The molecule has 0 atom stereocenters. The highest BCUT2D eigenvalue weighted by Gasteiger charge is 2.19. The minimum Gasteiger partial charge on any atom is -0.323 e. The SMILES string of the molecule is NN=Cc1cccc2c1Cc1ccccc1-2. The van der Waals surface area contributed by atoms with Crippen molar-refractivity contribution in [3.63, 3.8) is 0 Å². The highest BCUT2D eigenvalue weighted by atomic mass is 15.1. The molecular formula is C14H12N2. The maximum absolute atomic E-state index is 5.23. The van der Waals surface area contributed by atoms with E-state index in [4.69, 9.17) is 5.84 Å². The van der Waals surface area contributed by atoms with Crippen molar-refractivity contribution in [2.75, 3.05) is 0 Å². The van der Waals surface area contributed by atoms with Crippen LogP contribution < -0.4 is 5.84 Å². The zero-order valence-electron chi connectivity index (χ0n) is 8.85. The summed E-state index contributed by atoms with van der Waals surface area (Å²) in [6.45, 7) is 0. The molecule has 2 aromatic carbocycles. The van der Waals surface area contributed by atoms with E-state index in [0.717, 1.165) is 12.0 Å². The van der Waals surface area contributed by atoms with Gasteiger partial charge in [-0.2, -0.15) is 5.10 Å². The number of benzene rings is 2. The molecule has 1 aliphatic rings. The molecule has 1 aliphatic carbocycles. The third kappa shape index (κ3) is 1.23. The van der Waals surface area contributed by atoms with Gasteiger partial charge in [0.15, 0.2) is 0 Å². The Morgan fingerprint density at radius 3 is 2.69 bits per heavy atom. The molecule has 0 aliphatic heterocycles. The molecule has 2 heteroatoms. The number of hydrazone groups is 1. The van der Waals surface area contributed by atoms with E-state index in [0.29, 0.717) is 0 Å². The number of nitrogens with two attached hydrogens (primary N) is 1. The molecule has 0 bridgehead atoms. The normalized spacial score (nSPS) is 12.8. The molecule has 0 radical (unpaired) electrons. The van der Waals surface area contributed by atoms with Crippen molar-refractivity contribution in [1.29, 1.82) is 0 Å². The van der Waals surface area contributed by atoms with Gasteiger partial charge in [0.1, 0.15) is 0 Å². The van der Waals surface area contributed by atoms with Crippen LogP contribution in [0.25, 0.3) is 11.1 Å². The van der Waals surface area contributed by atoms with Gasteiger partial charge in [-0.05, 0) is 34.2 Å². The van der Waals surface area contributed by atoms with E-state index in [1.807, 2.05) is 0 Å². The highest BCUT2D eigenvalue weighted by Crippen LogP contribution is 2.37. The van der Waals surface area contributed by atoms with E-state index < -0.39 is 0 Å². The molecule has 0 saturated heterocycles. The zero-order chi connectivity index (χ0) is 11.0. The molecule has 0 spiro atoms. The van der Waals surface area contributed by atoms with Crippen LogP contribution >= 0.6 is 0 Å². The molecule has 3 rings (SSSR count). The van der Waals surface area contributed by atoms with Gasteiger partial charge in [0.2, 0.25) is 0 Å². The standard InChI is InChI=1S/C14H12N2/c15-16-9-11-5-3-7-13-12-6-2-1-4-10(12)8-14(11)13/h1-7,9H,8,15H2. The van der Waals surface area contributed by atoms with Crippen LogP contribution in [0.1, 0.15) is 16.7 Å². The van der Waals surface area contributed by atoms with Gasteiger partial charge in [0.05, 0.1) is 6.21 Å². The Kier molecular flexibility index (Phi) is 2.00. The van der Waals surface area contributed by atoms with Gasteiger partial charge in [-0.1, -0.05) is 42.5 Å². The molecule has 0 saturated carbocycles. The van der Waals surface area contributed by atoms with Crippen LogP contribution in [0.4, 0.5) is 0 Å². The first-order chi connectivity index (χ1) is 7.90. The fraction of sp³-hybridized carbons (Fsp3) is 0.0714. The Bertz CT molecular complexity index is 571. The molecule has 0 amide bonds. The molecule has 2 nitrogen and oxygen atoms in total. The topological polar surface area (TPSA) is 38.4 Å². The van der Waals surface area contributed by atoms with Crippen LogP contribution in [0, 0.1) is 0 Å². The van der Waals surface area contributed by atoms with Crippen LogP contribution in [0.5, 0.6) is 0 Å². The average Bonchev–Trinajstić information content (AvgIpc) is 2.69. The van der Waals surface area contributed by atoms with Crippen molar-refractivity contribution < 1.29 is 0 Å². The number of hydrogen-bond acceptors (Lipinski definition) is 2. The Labute approximate surface area is 94.4 Å². The Morgan fingerprint density at radius 1 is 1.00 bits per heavy atom. The van der Waals surface area contributed by atoms with Gasteiger partial charge in [-0.15, -0.1) is 0 Å². The van der Waals surface area contributed by atoms with E-state index in [2.05, 4.69) is 47.6 Å². The second-order valence-electron chi connectivity index (χ2n) is 3.99. The minimum absolute atomic E-state index is 0.980. The van der Waals surface area contributed by atoms with E-state index in [-0.39, 0.29) is 0 Å². The number of fused-ring (bicyclic) bond motifs is 3. The monoisotopic (exact) mass is 208 g/mol. The molecule has 78 valence electrons. The molecule has 16 heavy (non-hydrogen) atoms. The summed E-state index contributed by atoms with van der Waals surface area (Å²) in [5, 5.41) is 3.62. The average molecular weight is 208 g/mol. The summed E-state index contributed by atoms with van der Waals surface area (Å²) >= 11 is 0. The summed E-state index contributed by atoms with van der Waals surface area (Å²) < 4.78 is 0. The molecular weight excluding hydrogens is 196 g/mol. The third-order valence-electron chi connectivity index (χ3n) is 3.10. The van der Waals surface area contributed by atoms with Crippen molar-refractivity contribution in [1.82, 2.24) is 0 Å². The lowest BCUT2D eigenvalue weighted by Crippen LogP contribution is -1.93. The fourth-order valence-electron chi connectivity index (χ4n) is 2.38. The van der Waals surface area contributed by atoms with Crippen molar-refractivity contribution in [3.05, 3.63) is 59.2 Å². The van der Waals surface area contributed by atoms with Crippen LogP contribution in [-0.4, -0.2) is 6.21 Å². The highest BCUT2D eigenvalue weighted by molar-refractivity contribution is 5.89. The number of rotatable bonds is 1. The van der Waals surface area contributed by atoms with Crippen LogP contribution in [-0.2, 0) is 6.42 Å². The fourth-order valence-corrected chi connectivity index (χ4v) is 2.38. The van der Waals surface area contributed by atoms with Gasteiger partial charge in [-0.3, -0.25) is 0 Å². The third-order valence-corrected chi connectivity index (χ3v) is 3.10. The summed E-state index contributed by atoms with van der Waals surface area (Å²) in [4.78, 5) is 0. The summed E-state index contributed by atoms with van der Waals surface area (Å²) in [6, 6.07) is 14.8. The second-order valence-corrected chi connectivity index (χ2v) is 3.99. The quantitative estimate of drug-likeness (QED) is 0.372. The lowest BCUT2D eigenvalue weighted by molar-refractivity contribution is 1.23. The van der Waals surface area contributed by atoms with E-state index >= 15 is 0 Å². The number of nitrogens with zero attached hydrogens (tertiary/aromatic N) is 1. The Morgan fingerprint density at radius 2 is 1.81 bits per heavy atom. The van der Waals surface area contributed by atoms with Crippen LogP contribution in [0.15, 0.2) is 47.6 Å². The smallest absolute Gasteiger partial charge is 0.0541 e. The molecule has 0 unspecified atom stereocenters. The summed E-state index contributed by atoms with van der Waals surface area (Å²) in [7, 11) is 0. The molecule has 2 N–H and O–H groups in total. The van der Waals surface area contributed by atoms with E-state index in [9.17, 15) is 0 Å². The van der Waals surface area contributed by atoms with Gasteiger partial charge < -0.3 is 5.84 Å². The van der Waals surface area contributed by atoms with Gasteiger partial charge >= 0.3 is 0 Å². The van der Waals surface area contributed by atoms with Crippen molar-refractivity contribution >= 4 is 6.21 Å². The maximum Gasteiger partial charge on any atom is 0.0541 e. The van der Waals surface area contributed by atoms with E-state index in [1.54, 1.807) is 6.21 Å². The molecule has 0 aromatic heterocycles. The van der Waals surface area contributed by atoms with Crippen LogP contribution in [0.2, 0.25) is 0 Å². The van der Waals surface area contributed by atoms with Gasteiger partial charge in [0, 0.05) is 0 Å². The lowest BCUT2D eigenvalue weighted by Gasteiger charge is -2.02. The van der Waals surface area contributed by atoms with E-state index in [1.165, 1.54) is 22.3 Å². The first-order valence-electron chi connectivity index (χ1n) is 5.33. The second kappa shape index (κ2) is 3.49. The number of hydrogen-bond donors (Lipinski definition) is 1. The summed E-state index contributed by atoms with van der Waals surface area (Å²) in [6.07, 6.45) is 2.71. The predicted octanol–water partition coefficient (Wildman–Crippen LogP) is 2.55. The lowest BCUT2D eigenvalue weighted by atomic mass is 10.0. The Hall–Kier alpha value is -2.09. The Balaban J connectivity index is 2.23. The minimum atomic E-state index is 0.980. The molecule has 0 fully saturated rings. The summed E-state index contributed by atoms with van der Waals surface area (Å²) in [5.74, 6) is 5.23. The van der Waals surface area contributed by atoms with Crippen molar-refractivity contribution in [2.24, 2.45) is 10.9 Å². The molecule has 2 aromatic rings. The largest absolute Gasteiger partial charge is 0.323 e. The van der Waals surface area contributed by atoms with Crippen molar-refractivity contribution in [3.8, 4) is 11.1 Å². The van der Waals surface area contributed by atoms with Crippen molar-refractivity contribution in [2.45, 2.75) is 6.42 Å². The first-order valence-corrected chi connectivity index (χ1v) is 5.33. The van der Waals surface area contributed by atoms with Crippen LogP contribution in [0.3, 0.4) is 0 Å². The zero-order valence-corrected chi connectivity index (χ0v) is 8.85. The van der Waals surface area contributed by atoms with Gasteiger partial charge in [-0.25, -0.2) is 0 Å². The maximum atomic E-state index is 5.23. The molecule has 0 heterocycles.